The van der Waals surface area contributed by atoms with Crippen molar-refractivity contribution in [2.45, 2.75) is 38.8 Å². The van der Waals surface area contributed by atoms with E-state index in [1.54, 1.807) is 6.26 Å². The largest absolute Gasteiger partial charge is 0.469 e. The molecule has 0 amide bonds. The van der Waals surface area contributed by atoms with E-state index in [9.17, 15) is 8.78 Å². The third kappa shape index (κ3) is 4.17. The van der Waals surface area contributed by atoms with Gasteiger partial charge in [0.2, 0.25) is 0 Å². The number of rotatable bonds is 6. The number of aryl methyl sites for hydroxylation is 1. The van der Waals surface area contributed by atoms with Crippen LogP contribution in [0.25, 0.3) is 0 Å². The fourth-order valence-corrected chi connectivity index (χ4v) is 2.25. The van der Waals surface area contributed by atoms with E-state index >= 15 is 0 Å². The van der Waals surface area contributed by atoms with E-state index < -0.39 is 11.6 Å². The highest BCUT2D eigenvalue weighted by Gasteiger charge is 2.12. The van der Waals surface area contributed by atoms with E-state index in [0.717, 1.165) is 24.7 Å². The molecule has 2 unspecified atom stereocenters. The molecule has 1 aromatic carbocycles. The van der Waals surface area contributed by atoms with Gasteiger partial charge < -0.3 is 9.73 Å². The van der Waals surface area contributed by atoms with Crippen LogP contribution in [0.1, 0.15) is 37.6 Å². The Labute approximate surface area is 117 Å². The Hall–Kier alpha value is -1.68. The normalized spacial score (nSPS) is 14.2. The maximum Gasteiger partial charge on any atom is 0.126 e. The van der Waals surface area contributed by atoms with Gasteiger partial charge in [-0.15, -0.1) is 0 Å². The van der Waals surface area contributed by atoms with Crippen LogP contribution in [0.2, 0.25) is 0 Å². The van der Waals surface area contributed by atoms with Crippen molar-refractivity contribution in [3.63, 3.8) is 0 Å². The van der Waals surface area contributed by atoms with Crippen LogP contribution in [0.4, 0.5) is 8.78 Å². The summed E-state index contributed by atoms with van der Waals surface area (Å²) in [5.74, 6) is -0.142. The first-order valence-electron chi connectivity index (χ1n) is 6.79. The summed E-state index contributed by atoms with van der Waals surface area (Å²) >= 11 is 0. The molecular formula is C16H19F2NO. The summed E-state index contributed by atoms with van der Waals surface area (Å²) in [7, 11) is 0. The summed E-state index contributed by atoms with van der Waals surface area (Å²) in [5, 5.41) is 3.34. The smallest absolute Gasteiger partial charge is 0.126 e. The van der Waals surface area contributed by atoms with Gasteiger partial charge in [0.15, 0.2) is 0 Å². The molecule has 0 aliphatic rings. The van der Waals surface area contributed by atoms with Crippen molar-refractivity contribution in [3.8, 4) is 0 Å². The molecule has 0 fully saturated rings. The van der Waals surface area contributed by atoms with Gasteiger partial charge >= 0.3 is 0 Å². The topological polar surface area (TPSA) is 25.2 Å². The second kappa shape index (κ2) is 6.66. The van der Waals surface area contributed by atoms with Crippen molar-refractivity contribution < 1.29 is 13.2 Å². The molecule has 20 heavy (non-hydrogen) atoms. The van der Waals surface area contributed by atoms with Gasteiger partial charge in [-0.3, -0.25) is 0 Å². The first-order chi connectivity index (χ1) is 9.54. The van der Waals surface area contributed by atoms with E-state index in [-0.39, 0.29) is 12.1 Å². The zero-order valence-electron chi connectivity index (χ0n) is 11.7. The molecule has 0 saturated carbocycles. The fraction of sp³-hybridized carbons (Fsp3) is 0.375. The first-order valence-corrected chi connectivity index (χ1v) is 6.79. The lowest BCUT2D eigenvalue weighted by Crippen LogP contribution is -2.29. The van der Waals surface area contributed by atoms with E-state index in [1.807, 2.05) is 19.1 Å². The van der Waals surface area contributed by atoms with E-state index in [4.69, 9.17) is 4.42 Å². The van der Waals surface area contributed by atoms with Crippen LogP contribution < -0.4 is 5.32 Å². The third-order valence-corrected chi connectivity index (χ3v) is 3.32. The Balaban J connectivity index is 1.88. The van der Waals surface area contributed by atoms with Crippen LogP contribution in [0.5, 0.6) is 0 Å². The maximum absolute atomic E-state index is 13.2. The lowest BCUT2D eigenvalue weighted by molar-refractivity contribution is 0.428. The Morgan fingerprint density at radius 3 is 2.45 bits per heavy atom. The van der Waals surface area contributed by atoms with Gasteiger partial charge in [0.1, 0.15) is 17.4 Å². The highest BCUT2D eigenvalue weighted by molar-refractivity contribution is 5.21. The van der Waals surface area contributed by atoms with Crippen LogP contribution in [0.15, 0.2) is 41.0 Å². The van der Waals surface area contributed by atoms with Gasteiger partial charge in [-0.25, -0.2) is 8.78 Å². The highest BCUT2D eigenvalue weighted by atomic mass is 19.1. The van der Waals surface area contributed by atoms with Crippen LogP contribution >= 0.6 is 0 Å². The average molecular weight is 279 g/mol. The van der Waals surface area contributed by atoms with Gasteiger partial charge in [-0.2, -0.15) is 0 Å². The van der Waals surface area contributed by atoms with E-state index in [1.165, 1.54) is 12.1 Å². The first kappa shape index (κ1) is 14.7. The standard InChI is InChI=1S/C16H19F2NO/c1-11(5-6-16-4-3-7-20-16)19-12(2)13-8-14(17)10-15(18)9-13/h3-4,7-12,19H,5-6H2,1-2H3. The molecule has 0 saturated heterocycles. The zero-order valence-corrected chi connectivity index (χ0v) is 11.7. The molecular weight excluding hydrogens is 260 g/mol. The summed E-state index contributed by atoms with van der Waals surface area (Å²) in [4.78, 5) is 0. The van der Waals surface area contributed by atoms with Crippen molar-refractivity contribution in [2.24, 2.45) is 0 Å². The molecule has 0 aliphatic carbocycles. The summed E-state index contributed by atoms with van der Waals surface area (Å²) in [6.45, 7) is 3.95. The van der Waals surface area contributed by atoms with E-state index in [0.29, 0.717) is 5.56 Å². The van der Waals surface area contributed by atoms with E-state index in [2.05, 4.69) is 12.2 Å². The highest BCUT2D eigenvalue weighted by Crippen LogP contribution is 2.17. The number of benzene rings is 1. The maximum atomic E-state index is 13.2. The van der Waals surface area contributed by atoms with Crippen molar-refractivity contribution in [1.82, 2.24) is 5.32 Å². The predicted octanol–water partition coefficient (Wildman–Crippen LogP) is 4.23. The number of halogens is 2. The molecule has 1 N–H and O–H groups in total. The van der Waals surface area contributed by atoms with Gasteiger partial charge in [0, 0.05) is 24.6 Å². The molecule has 1 aromatic heterocycles. The minimum absolute atomic E-state index is 0.105. The molecule has 4 heteroatoms. The van der Waals surface area contributed by atoms with Gasteiger partial charge in [-0.1, -0.05) is 0 Å². The Morgan fingerprint density at radius 2 is 1.85 bits per heavy atom. The van der Waals surface area contributed by atoms with Crippen LogP contribution in [-0.4, -0.2) is 6.04 Å². The average Bonchev–Trinajstić information content (AvgIpc) is 2.88. The van der Waals surface area contributed by atoms with Crippen LogP contribution in [-0.2, 0) is 6.42 Å². The predicted molar refractivity (Wildman–Crippen MR) is 74.4 cm³/mol. The van der Waals surface area contributed by atoms with Crippen molar-refractivity contribution in [1.29, 1.82) is 0 Å². The lowest BCUT2D eigenvalue weighted by atomic mass is 10.1. The summed E-state index contributed by atoms with van der Waals surface area (Å²) in [6, 6.07) is 7.54. The Bertz CT molecular complexity index is 519. The second-order valence-electron chi connectivity index (χ2n) is 5.11. The fourth-order valence-electron chi connectivity index (χ4n) is 2.25. The number of nitrogens with one attached hydrogen (secondary N) is 1. The molecule has 0 bridgehead atoms. The molecule has 0 spiro atoms. The summed E-state index contributed by atoms with van der Waals surface area (Å²) in [5.41, 5.74) is 0.618. The SMILES string of the molecule is CC(CCc1ccco1)NC(C)c1cc(F)cc(F)c1. The minimum atomic E-state index is -0.545. The van der Waals surface area contributed by atoms with Crippen molar-refractivity contribution in [2.75, 3.05) is 0 Å². The van der Waals surface area contributed by atoms with Gasteiger partial charge in [-0.05, 0) is 50.1 Å². The Kier molecular flexibility index (Phi) is 4.90. The van der Waals surface area contributed by atoms with Crippen molar-refractivity contribution >= 4 is 0 Å². The molecule has 2 aromatic rings. The number of hydrogen-bond donors (Lipinski definition) is 1. The van der Waals surface area contributed by atoms with Gasteiger partial charge in [0.05, 0.1) is 6.26 Å². The zero-order chi connectivity index (χ0) is 14.5. The molecule has 2 nitrogen and oxygen atoms in total. The summed E-state index contributed by atoms with van der Waals surface area (Å²) < 4.78 is 31.6. The quantitative estimate of drug-likeness (QED) is 0.856. The monoisotopic (exact) mass is 279 g/mol. The van der Waals surface area contributed by atoms with Crippen LogP contribution in [0, 0.1) is 11.6 Å². The number of hydrogen-bond acceptors (Lipinski definition) is 2. The minimum Gasteiger partial charge on any atom is -0.469 e. The van der Waals surface area contributed by atoms with Crippen LogP contribution in [0.3, 0.4) is 0 Å². The second-order valence-corrected chi connectivity index (χ2v) is 5.11. The van der Waals surface area contributed by atoms with Gasteiger partial charge in [0.25, 0.3) is 0 Å². The molecule has 2 rings (SSSR count). The molecule has 0 radical (unpaired) electrons. The third-order valence-electron chi connectivity index (χ3n) is 3.32. The molecule has 2 atom stereocenters. The molecule has 1 heterocycles. The number of furan rings is 1. The summed E-state index contributed by atoms with van der Waals surface area (Å²) in [6.07, 6.45) is 3.40. The molecule has 0 aliphatic heterocycles. The van der Waals surface area contributed by atoms with Crippen molar-refractivity contribution in [3.05, 3.63) is 59.6 Å². The molecule has 108 valence electrons. The Morgan fingerprint density at radius 1 is 1.15 bits per heavy atom. The lowest BCUT2D eigenvalue weighted by Gasteiger charge is -2.20.